The van der Waals surface area contributed by atoms with Crippen LogP contribution in [0.4, 0.5) is 0 Å². The predicted octanol–water partition coefficient (Wildman–Crippen LogP) is 1.57. The number of aromatic nitrogens is 3. The highest BCUT2D eigenvalue weighted by molar-refractivity contribution is 8.01. The third-order valence-corrected chi connectivity index (χ3v) is 5.69. The van der Waals surface area contributed by atoms with Crippen molar-refractivity contribution in [2.75, 3.05) is 0 Å². The van der Waals surface area contributed by atoms with Crippen molar-refractivity contribution in [1.82, 2.24) is 15.0 Å². The molecule has 0 N–H and O–H groups in total. The molecule has 0 saturated heterocycles. The van der Waals surface area contributed by atoms with Crippen molar-refractivity contribution >= 4 is 113 Å². The minimum atomic E-state index is -0.648. The molecule has 2 aromatic heterocycles. The first kappa shape index (κ1) is 21.4. The lowest BCUT2D eigenvalue weighted by Gasteiger charge is -2.25. The van der Waals surface area contributed by atoms with Crippen LogP contribution in [-0.4, -0.2) is 94.0 Å². The number of hydrogen-bond donors (Lipinski definition) is 0. The number of hydrogen-bond acceptors (Lipinski definition) is 4. The van der Waals surface area contributed by atoms with Crippen LogP contribution in [0, 0.1) is 0 Å². The topological polar surface area (TPSA) is 51.8 Å². The molecule has 16 heteroatoms. The molecule has 5 rings (SSSR count). The smallest absolute Gasteiger partial charge is 0.226 e. The Morgan fingerprint density at radius 1 is 0.784 bits per heavy atom. The van der Waals surface area contributed by atoms with Crippen molar-refractivity contribution in [3.63, 3.8) is 0 Å². The van der Waals surface area contributed by atoms with Crippen LogP contribution >= 0.6 is 11.6 Å². The fraction of sp³-hybridized carbons (Fsp3) is 0. The predicted molar refractivity (Wildman–Crippen MR) is 166 cm³/mol. The van der Waals surface area contributed by atoms with E-state index >= 15 is 0 Å². The number of halogens is 1. The van der Waals surface area contributed by atoms with Gasteiger partial charge in [-0.1, -0.05) is 48.4 Å². The minimum absolute atomic E-state index is 0.0934. The zero-order chi connectivity index (χ0) is 30.9. The standard InChI is InChI=1S/C21H12ClN3O.B11/c22-21-24-19(13-6-2-1-3-7-13)23-20(25-21)14-10-11-18-16(12-14)15-8-4-5-9-17(15)26-18;1-7-10(6)11(8(2)3)9(4)5/h1-12H;/i1D,2D,3D,6D,7D;. The van der Waals surface area contributed by atoms with Crippen LogP contribution in [0.15, 0.2) is 77.1 Å². The van der Waals surface area contributed by atoms with E-state index in [4.69, 9.17) is 69.3 Å². The second-order valence-electron chi connectivity index (χ2n) is 8.06. The zero-order valence-electron chi connectivity index (χ0n) is 24.5. The Bertz CT molecular complexity index is 1730. The molecular formula is C21H12B11ClN3O. The summed E-state index contributed by atoms with van der Waals surface area (Å²) in [6, 6.07) is 10.8. The van der Waals surface area contributed by atoms with Gasteiger partial charge in [-0.15, -0.1) is 0 Å². The van der Waals surface area contributed by atoms with Gasteiger partial charge < -0.3 is 4.42 Å². The second-order valence-corrected chi connectivity index (χ2v) is 8.40. The number of furan rings is 1. The highest BCUT2D eigenvalue weighted by Gasteiger charge is 2.26. The monoisotopic (exact) mass is 483 g/mol. The van der Waals surface area contributed by atoms with Crippen molar-refractivity contribution in [2.24, 2.45) is 0 Å². The van der Waals surface area contributed by atoms with E-state index in [1.807, 2.05) is 30.3 Å². The summed E-state index contributed by atoms with van der Waals surface area (Å²) in [6.45, 7) is 0. The maximum Gasteiger partial charge on any atom is 0.226 e. The van der Waals surface area contributed by atoms with E-state index in [0.29, 0.717) is 11.1 Å². The van der Waals surface area contributed by atoms with Crippen LogP contribution in [-0.2, 0) is 0 Å². The molecule has 0 atom stereocenters. The molecule has 5 aromatic rings. The molecule has 0 aliphatic heterocycles. The highest BCUT2D eigenvalue weighted by atomic mass is 35.5. The van der Waals surface area contributed by atoms with Crippen LogP contribution < -0.4 is 0 Å². The van der Waals surface area contributed by atoms with Gasteiger partial charge in [0.15, 0.2) is 11.6 Å². The lowest BCUT2D eigenvalue weighted by Crippen LogP contribution is -2.63. The van der Waals surface area contributed by atoms with Gasteiger partial charge in [0, 0.05) is 101 Å². The Labute approximate surface area is 239 Å². The summed E-state index contributed by atoms with van der Waals surface area (Å²) in [5, 5.41) is 1.66. The molecule has 157 valence electrons. The first-order chi connectivity index (χ1) is 19.8. The molecular weight excluding hydrogens is 465 g/mol. The molecule has 0 spiro atoms. The first-order valence-electron chi connectivity index (χ1n) is 13.6. The Kier molecular flexibility index (Phi) is 7.14. The van der Waals surface area contributed by atoms with Crippen molar-refractivity contribution < 1.29 is 11.3 Å². The van der Waals surface area contributed by atoms with Gasteiger partial charge in [-0.2, -0.15) is 9.97 Å². The Morgan fingerprint density at radius 3 is 2.03 bits per heavy atom. The zero-order valence-corrected chi connectivity index (χ0v) is 20.3. The van der Waals surface area contributed by atoms with Gasteiger partial charge in [0.1, 0.15) is 11.2 Å². The molecule has 0 saturated carbocycles. The van der Waals surface area contributed by atoms with Gasteiger partial charge in [0.25, 0.3) is 0 Å². The van der Waals surface area contributed by atoms with Crippen molar-refractivity contribution in [3.8, 4) is 22.8 Å². The number of para-hydroxylation sites is 1. The van der Waals surface area contributed by atoms with E-state index in [9.17, 15) is 0 Å². The second kappa shape index (κ2) is 12.3. The van der Waals surface area contributed by atoms with Crippen LogP contribution in [0.3, 0.4) is 0 Å². The molecule has 0 bridgehead atoms. The Morgan fingerprint density at radius 2 is 1.41 bits per heavy atom. The molecule has 4 nitrogen and oxygen atoms in total. The third-order valence-electron chi connectivity index (χ3n) is 5.52. The SMILES string of the molecule is [2H]c1c([2H])c([2H])c(-c2nc(Cl)nc(-c3ccc4oc5ccccc5c4c3)n2)c([2H])c1[2H].[B][B]B([B])B(B([B])[B])B([B])[B]. The van der Waals surface area contributed by atoms with E-state index in [1.165, 1.54) is 7.06 Å². The van der Waals surface area contributed by atoms with Gasteiger partial charge in [-0.05, 0) is 35.9 Å². The normalized spacial score (nSPS) is 12.3. The Balaban J connectivity index is 0.000000315. The van der Waals surface area contributed by atoms with E-state index in [2.05, 4.69) is 15.0 Å². The molecule has 0 unspecified atom stereocenters. The van der Waals surface area contributed by atoms with Crippen LogP contribution in [0.5, 0.6) is 0 Å². The van der Waals surface area contributed by atoms with Gasteiger partial charge in [-0.25, -0.2) is 4.98 Å². The van der Waals surface area contributed by atoms with E-state index in [1.54, 1.807) is 12.1 Å². The Hall–Kier alpha value is -2.53. The molecule has 0 fully saturated rings. The summed E-state index contributed by atoms with van der Waals surface area (Å²) in [7, 11) is 33.5. The summed E-state index contributed by atoms with van der Waals surface area (Å²) < 4.78 is 45.7. The molecule has 0 amide bonds. The average molecular weight is 482 g/mol. The number of fused-ring (bicyclic) bond motifs is 3. The number of nitrogens with zero attached hydrogens (tertiary/aromatic N) is 3. The van der Waals surface area contributed by atoms with Crippen LogP contribution in [0.25, 0.3) is 44.7 Å². The lowest BCUT2D eigenvalue weighted by atomic mass is 8.56. The van der Waals surface area contributed by atoms with Gasteiger partial charge >= 0.3 is 0 Å². The summed E-state index contributed by atoms with van der Waals surface area (Å²) in [6.07, 6.45) is -2.15. The fourth-order valence-corrected chi connectivity index (χ4v) is 3.88. The van der Waals surface area contributed by atoms with Crippen molar-refractivity contribution in [3.05, 3.63) is 78.0 Å². The van der Waals surface area contributed by atoms with Crippen LogP contribution in [0.2, 0.25) is 5.28 Å². The maximum absolute atomic E-state index is 8.17. The van der Waals surface area contributed by atoms with Gasteiger partial charge in [0.05, 0.1) is 6.85 Å². The quantitative estimate of drug-likeness (QED) is 0.346. The molecule has 2 heterocycles. The largest absolute Gasteiger partial charge is 0.456 e. The van der Waals surface area contributed by atoms with Gasteiger partial charge in [-0.3, -0.25) is 0 Å². The summed E-state index contributed by atoms with van der Waals surface area (Å²) in [4.78, 5) is 12.6. The molecule has 0 aliphatic rings. The molecule has 37 heavy (non-hydrogen) atoms. The van der Waals surface area contributed by atoms with E-state index in [-0.39, 0.29) is 28.9 Å². The maximum atomic E-state index is 8.17. The average Bonchev–Trinajstić information content (AvgIpc) is 3.33. The van der Waals surface area contributed by atoms with Crippen molar-refractivity contribution in [1.29, 1.82) is 0 Å². The van der Waals surface area contributed by atoms with Gasteiger partial charge in [0.2, 0.25) is 5.28 Å². The van der Waals surface area contributed by atoms with Crippen molar-refractivity contribution in [2.45, 2.75) is 0 Å². The third kappa shape index (κ3) is 6.49. The van der Waals surface area contributed by atoms with E-state index < -0.39 is 49.4 Å². The first-order valence-corrected chi connectivity index (χ1v) is 11.5. The number of benzene rings is 3. The molecule has 13 radical (unpaired) electrons. The molecule has 3 aromatic carbocycles. The minimum Gasteiger partial charge on any atom is -0.456 e. The highest BCUT2D eigenvalue weighted by Crippen LogP contribution is 2.32. The van der Waals surface area contributed by atoms with Crippen LogP contribution in [0.1, 0.15) is 6.85 Å². The summed E-state index contributed by atoms with van der Waals surface area (Å²) in [5.41, 5.74) is 1.95. The summed E-state index contributed by atoms with van der Waals surface area (Å²) in [5.74, 6) is 0.123. The lowest BCUT2D eigenvalue weighted by molar-refractivity contribution is 0.669. The van der Waals surface area contributed by atoms with E-state index in [0.717, 1.165) is 16.4 Å². The number of rotatable bonds is 6. The summed E-state index contributed by atoms with van der Waals surface area (Å²) >= 11 is 6.12. The molecule has 0 aliphatic carbocycles. The fourth-order valence-electron chi connectivity index (χ4n) is 3.72.